The summed E-state index contributed by atoms with van der Waals surface area (Å²) >= 11 is 0. The second-order valence-electron chi connectivity index (χ2n) is 9.03. The van der Waals surface area contributed by atoms with Crippen LogP contribution in [0.2, 0.25) is 0 Å². The lowest BCUT2D eigenvalue weighted by molar-refractivity contribution is -0.183. The van der Waals surface area contributed by atoms with E-state index < -0.39 is 12.1 Å². The number of rotatable bonds is 6. The molecule has 1 aromatic rings. The fourth-order valence-corrected chi connectivity index (χ4v) is 4.12. The lowest BCUT2D eigenvalue weighted by atomic mass is 9.96. The van der Waals surface area contributed by atoms with Gasteiger partial charge in [-0.1, -0.05) is 0 Å². The third kappa shape index (κ3) is 5.49. The van der Waals surface area contributed by atoms with Crippen LogP contribution in [0, 0.1) is 11.8 Å². The monoisotopic (exact) mass is 440 g/mol. The van der Waals surface area contributed by atoms with Crippen molar-refractivity contribution in [3.05, 3.63) is 17.7 Å². The zero-order chi connectivity index (χ0) is 22.9. The first-order valence-corrected chi connectivity index (χ1v) is 10.9. The van der Waals surface area contributed by atoms with Gasteiger partial charge in [0.2, 0.25) is 5.91 Å². The van der Waals surface area contributed by atoms with Gasteiger partial charge in [0.15, 0.2) is 0 Å². The number of amides is 2. The van der Waals surface area contributed by atoms with Gasteiger partial charge in [0.25, 0.3) is 5.91 Å². The van der Waals surface area contributed by atoms with Crippen molar-refractivity contribution in [2.24, 2.45) is 11.8 Å². The molecular formula is C22H31F3N4O2. The zero-order valence-corrected chi connectivity index (χ0v) is 18.5. The largest absolute Gasteiger partial charge is 0.391 e. The van der Waals surface area contributed by atoms with E-state index in [-0.39, 0.29) is 55.7 Å². The minimum absolute atomic E-state index is 0.0211. The average molecular weight is 441 g/mol. The number of pyridine rings is 1. The summed E-state index contributed by atoms with van der Waals surface area (Å²) in [5, 5.41) is 2.82. The van der Waals surface area contributed by atoms with Crippen LogP contribution in [0.25, 0.3) is 0 Å². The smallest absolute Gasteiger partial charge is 0.351 e. The Bertz CT molecular complexity index is 805. The van der Waals surface area contributed by atoms with Crippen molar-refractivity contribution in [3.8, 4) is 0 Å². The second kappa shape index (κ2) is 9.04. The molecule has 172 valence electrons. The summed E-state index contributed by atoms with van der Waals surface area (Å²) in [7, 11) is 0. The number of alkyl halides is 3. The van der Waals surface area contributed by atoms with Crippen LogP contribution in [0.3, 0.4) is 0 Å². The van der Waals surface area contributed by atoms with Crippen LogP contribution in [0.1, 0.15) is 63.7 Å². The average Bonchev–Trinajstić information content (AvgIpc) is 3.52. The molecule has 0 aromatic carbocycles. The van der Waals surface area contributed by atoms with E-state index in [9.17, 15) is 22.8 Å². The maximum atomic E-state index is 13.3. The highest BCUT2D eigenvalue weighted by Crippen LogP contribution is 2.35. The van der Waals surface area contributed by atoms with Gasteiger partial charge in [-0.05, 0) is 65.5 Å². The van der Waals surface area contributed by atoms with E-state index in [1.807, 2.05) is 32.6 Å². The van der Waals surface area contributed by atoms with Crippen LogP contribution in [0.15, 0.2) is 12.1 Å². The number of carbonyl (C=O) groups is 2. The van der Waals surface area contributed by atoms with Gasteiger partial charge in [0, 0.05) is 31.1 Å². The molecule has 6 nitrogen and oxygen atoms in total. The number of nitrogens with one attached hydrogen (secondary N) is 1. The minimum atomic E-state index is -4.23. The molecule has 31 heavy (non-hydrogen) atoms. The SMILES string of the molecule is CC(C)N(c1nc(NC(=O)C2CC2)ccc1C(=O)N1CCC(C(F)(F)F)CC1)C(C)C. The number of nitrogens with zero attached hydrogens (tertiary/aromatic N) is 3. The first-order chi connectivity index (χ1) is 14.5. The second-order valence-corrected chi connectivity index (χ2v) is 9.03. The lowest BCUT2D eigenvalue weighted by Gasteiger charge is -2.36. The van der Waals surface area contributed by atoms with E-state index in [0.29, 0.717) is 17.2 Å². The number of carbonyl (C=O) groups excluding carboxylic acids is 2. The van der Waals surface area contributed by atoms with Gasteiger partial charge in [-0.15, -0.1) is 0 Å². The number of halogens is 3. The quantitative estimate of drug-likeness (QED) is 0.709. The van der Waals surface area contributed by atoms with Gasteiger partial charge in [0.05, 0.1) is 11.5 Å². The summed E-state index contributed by atoms with van der Waals surface area (Å²) in [4.78, 5) is 33.5. The normalized spacial score (nSPS) is 17.9. The van der Waals surface area contributed by atoms with Gasteiger partial charge >= 0.3 is 6.18 Å². The van der Waals surface area contributed by atoms with Gasteiger partial charge in [-0.25, -0.2) is 4.98 Å². The van der Waals surface area contributed by atoms with Crippen molar-refractivity contribution in [2.45, 2.75) is 71.6 Å². The third-order valence-electron chi connectivity index (χ3n) is 5.91. The predicted octanol–water partition coefficient (Wildman–Crippen LogP) is 4.47. The number of hydrogen-bond acceptors (Lipinski definition) is 4. The first kappa shape index (κ1) is 23.3. The third-order valence-corrected chi connectivity index (χ3v) is 5.91. The maximum Gasteiger partial charge on any atom is 0.391 e. The summed E-state index contributed by atoms with van der Waals surface area (Å²) in [5.41, 5.74) is 0.345. The van der Waals surface area contributed by atoms with Crippen molar-refractivity contribution in [1.82, 2.24) is 9.88 Å². The van der Waals surface area contributed by atoms with Crippen LogP contribution < -0.4 is 10.2 Å². The molecule has 2 amide bonds. The minimum Gasteiger partial charge on any atom is -0.351 e. The summed E-state index contributed by atoms with van der Waals surface area (Å²) in [5.74, 6) is -0.918. The van der Waals surface area contributed by atoms with Gasteiger partial charge in [-0.3, -0.25) is 9.59 Å². The summed E-state index contributed by atoms with van der Waals surface area (Å²) in [6.45, 7) is 8.07. The van der Waals surface area contributed by atoms with E-state index in [1.54, 1.807) is 12.1 Å². The summed E-state index contributed by atoms with van der Waals surface area (Å²) < 4.78 is 39.0. The van der Waals surface area contributed by atoms with Crippen LogP contribution in [-0.2, 0) is 4.79 Å². The molecule has 0 atom stereocenters. The van der Waals surface area contributed by atoms with E-state index in [4.69, 9.17) is 0 Å². The Kier molecular flexibility index (Phi) is 6.81. The Morgan fingerprint density at radius 3 is 2.13 bits per heavy atom. The van der Waals surface area contributed by atoms with Crippen molar-refractivity contribution < 1.29 is 22.8 Å². The van der Waals surface area contributed by atoms with Crippen LogP contribution in [0.4, 0.5) is 24.8 Å². The molecule has 0 bridgehead atoms. The standard InChI is InChI=1S/C22H31F3N4O2/c1-13(2)29(14(3)4)19-17(7-8-18(26-19)27-20(30)15-5-6-15)21(31)28-11-9-16(10-12-28)22(23,24)25/h7-8,13-16H,5-6,9-12H2,1-4H3,(H,26,27,30). The number of anilines is 2. The Morgan fingerprint density at radius 1 is 1.06 bits per heavy atom. The summed E-state index contributed by atoms with van der Waals surface area (Å²) in [6, 6.07) is 3.29. The van der Waals surface area contributed by atoms with Gasteiger partial charge in [0.1, 0.15) is 11.6 Å². The molecule has 1 N–H and O–H groups in total. The molecular weight excluding hydrogens is 409 g/mol. The van der Waals surface area contributed by atoms with Crippen molar-refractivity contribution in [2.75, 3.05) is 23.3 Å². The maximum absolute atomic E-state index is 13.3. The molecule has 2 heterocycles. The fourth-order valence-electron chi connectivity index (χ4n) is 4.12. The number of piperidine rings is 1. The van der Waals surface area contributed by atoms with Gasteiger partial charge < -0.3 is 15.1 Å². The molecule has 1 aromatic heterocycles. The fraction of sp³-hybridized carbons (Fsp3) is 0.682. The molecule has 0 unspecified atom stereocenters. The zero-order valence-electron chi connectivity index (χ0n) is 18.5. The number of aromatic nitrogens is 1. The molecule has 0 radical (unpaired) electrons. The molecule has 1 aliphatic heterocycles. The molecule has 2 fully saturated rings. The molecule has 1 saturated heterocycles. The molecule has 1 aliphatic carbocycles. The Labute approximate surface area is 181 Å². The van der Waals surface area contributed by atoms with E-state index >= 15 is 0 Å². The topological polar surface area (TPSA) is 65.5 Å². The van der Waals surface area contributed by atoms with Crippen molar-refractivity contribution in [1.29, 1.82) is 0 Å². The highest BCUT2D eigenvalue weighted by atomic mass is 19.4. The Balaban J connectivity index is 1.87. The Hall–Kier alpha value is -2.32. The highest BCUT2D eigenvalue weighted by Gasteiger charge is 2.42. The van der Waals surface area contributed by atoms with E-state index in [2.05, 4.69) is 10.3 Å². The van der Waals surface area contributed by atoms with Crippen LogP contribution in [-0.4, -0.2) is 53.0 Å². The van der Waals surface area contributed by atoms with E-state index in [1.165, 1.54) is 4.90 Å². The number of likely N-dealkylation sites (tertiary alicyclic amines) is 1. The molecule has 1 saturated carbocycles. The van der Waals surface area contributed by atoms with Crippen LogP contribution >= 0.6 is 0 Å². The number of hydrogen-bond donors (Lipinski definition) is 1. The van der Waals surface area contributed by atoms with Gasteiger partial charge in [-0.2, -0.15) is 13.2 Å². The van der Waals surface area contributed by atoms with E-state index in [0.717, 1.165) is 12.8 Å². The molecule has 2 aliphatic rings. The molecule has 3 rings (SSSR count). The molecule has 9 heteroatoms. The summed E-state index contributed by atoms with van der Waals surface area (Å²) in [6.07, 6.45) is -2.67. The Morgan fingerprint density at radius 2 is 1.65 bits per heavy atom. The molecule has 0 spiro atoms. The van der Waals surface area contributed by atoms with Crippen molar-refractivity contribution >= 4 is 23.5 Å². The predicted molar refractivity (Wildman–Crippen MR) is 113 cm³/mol. The first-order valence-electron chi connectivity index (χ1n) is 10.9. The highest BCUT2D eigenvalue weighted by molar-refractivity contribution is 6.00. The van der Waals surface area contributed by atoms with Crippen molar-refractivity contribution in [3.63, 3.8) is 0 Å². The lowest BCUT2D eigenvalue weighted by Crippen LogP contribution is -2.44. The van der Waals surface area contributed by atoms with Crippen LogP contribution in [0.5, 0.6) is 0 Å².